The molecule has 0 atom stereocenters. The lowest BCUT2D eigenvalue weighted by atomic mass is 9.82. The molecule has 0 aliphatic rings. The van der Waals surface area contributed by atoms with Gasteiger partial charge in [0, 0.05) is 17.1 Å². The molecule has 0 unspecified atom stereocenters. The summed E-state index contributed by atoms with van der Waals surface area (Å²) >= 11 is 0. The summed E-state index contributed by atoms with van der Waals surface area (Å²) < 4.78 is 0. The maximum Gasteiger partial charge on any atom is 0.0467 e. The molecule has 9 aromatic carbocycles. The molecular weight excluding hydrogens is 615 g/mol. The molecule has 51 heavy (non-hydrogen) atoms. The van der Waals surface area contributed by atoms with E-state index in [1.54, 1.807) is 0 Å². The van der Waals surface area contributed by atoms with Gasteiger partial charge >= 0.3 is 0 Å². The molecule has 1 heteroatoms. The molecule has 0 aliphatic heterocycles. The number of nitrogens with zero attached hydrogens (tertiary/aromatic N) is 1. The summed E-state index contributed by atoms with van der Waals surface area (Å²) in [4.78, 5) is 2.34. The van der Waals surface area contributed by atoms with E-state index >= 15 is 0 Å². The van der Waals surface area contributed by atoms with Crippen LogP contribution in [0.4, 0.5) is 17.1 Å². The fourth-order valence-electron chi connectivity index (χ4n) is 7.55. The van der Waals surface area contributed by atoms with Gasteiger partial charge in [-0.3, -0.25) is 0 Å². The molecule has 0 radical (unpaired) electrons. The highest BCUT2D eigenvalue weighted by atomic mass is 15.1. The average molecular weight is 650 g/mol. The van der Waals surface area contributed by atoms with E-state index in [4.69, 9.17) is 0 Å². The van der Waals surface area contributed by atoms with Gasteiger partial charge < -0.3 is 4.90 Å². The van der Waals surface area contributed by atoms with Crippen LogP contribution in [0.3, 0.4) is 0 Å². The molecule has 240 valence electrons. The topological polar surface area (TPSA) is 3.24 Å². The van der Waals surface area contributed by atoms with Crippen LogP contribution in [0.15, 0.2) is 212 Å². The van der Waals surface area contributed by atoms with Crippen LogP contribution in [0.25, 0.3) is 66.1 Å². The van der Waals surface area contributed by atoms with E-state index in [9.17, 15) is 0 Å². The molecular formula is C50H35N. The Morgan fingerprint density at radius 2 is 0.725 bits per heavy atom. The van der Waals surface area contributed by atoms with Crippen molar-refractivity contribution in [3.63, 3.8) is 0 Å². The molecule has 0 amide bonds. The maximum atomic E-state index is 2.34. The Labute approximate surface area is 299 Å². The van der Waals surface area contributed by atoms with Gasteiger partial charge in [-0.1, -0.05) is 176 Å². The number of hydrogen-bond acceptors (Lipinski definition) is 1. The zero-order chi connectivity index (χ0) is 34.0. The van der Waals surface area contributed by atoms with E-state index in [0.717, 1.165) is 17.1 Å². The van der Waals surface area contributed by atoms with Crippen molar-refractivity contribution in [2.24, 2.45) is 0 Å². The van der Waals surface area contributed by atoms with E-state index in [2.05, 4.69) is 217 Å². The molecule has 0 aromatic heterocycles. The third-order valence-electron chi connectivity index (χ3n) is 9.84. The standard InChI is InChI=1S/C50H35N/c1-5-17-36(18-6-1)40-23-15-26-43(35-40)51(41-24-11-4-12-25-41)42-33-31-37(32-34-42)44-29-16-30-47-45-27-13-14-28-46(45)48(38-19-7-2-8-20-38)49(50(44)47)39-21-9-3-10-22-39/h1-35H. The third kappa shape index (κ3) is 5.65. The van der Waals surface area contributed by atoms with Crippen molar-refractivity contribution in [2.75, 3.05) is 4.90 Å². The predicted molar refractivity (Wildman–Crippen MR) is 218 cm³/mol. The lowest BCUT2D eigenvalue weighted by molar-refractivity contribution is 1.28. The first-order chi connectivity index (χ1) is 25.3. The van der Waals surface area contributed by atoms with Crippen molar-refractivity contribution < 1.29 is 0 Å². The fourth-order valence-corrected chi connectivity index (χ4v) is 7.55. The molecule has 0 saturated heterocycles. The van der Waals surface area contributed by atoms with Crippen LogP contribution in [0, 0.1) is 0 Å². The summed E-state index contributed by atoms with van der Waals surface area (Å²) in [5.74, 6) is 0. The second kappa shape index (κ2) is 13.3. The summed E-state index contributed by atoms with van der Waals surface area (Å²) in [6, 6.07) is 76.5. The Hall–Kier alpha value is -6.70. The van der Waals surface area contributed by atoms with Crippen LogP contribution >= 0.6 is 0 Å². The van der Waals surface area contributed by atoms with Crippen molar-refractivity contribution in [2.45, 2.75) is 0 Å². The van der Waals surface area contributed by atoms with E-state index in [1.807, 2.05) is 0 Å². The van der Waals surface area contributed by atoms with Crippen molar-refractivity contribution in [1.29, 1.82) is 0 Å². The number of hydrogen-bond donors (Lipinski definition) is 0. The molecule has 0 heterocycles. The minimum atomic E-state index is 1.11. The molecule has 1 nitrogen and oxygen atoms in total. The number of benzene rings is 9. The molecule has 0 fully saturated rings. The van der Waals surface area contributed by atoms with Crippen molar-refractivity contribution >= 4 is 38.6 Å². The maximum absolute atomic E-state index is 2.34. The Morgan fingerprint density at radius 1 is 0.255 bits per heavy atom. The van der Waals surface area contributed by atoms with Gasteiger partial charge in [-0.15, -0.1) is 0 Å². The van der Waals surface area contributed by atoms with Crippen LogP contribution in [0.5, 0.6) is 0 Å². The Morgan fingerprint density at radius 3 is 1.39 bits per heavy atom. The molecule has 0 aliphatic carbocycles. The predicted octanol–water partition coefficient (Wildman–Crippen LogP) is 14.1. The SMILES string of the molecule is c1ccc(-c2cccc(N(c3ccccc3)c3ccc(-c4cccc5c4c(-c4ccccc4)c(-c4ccccc4)c4ccccc45)cc3)c2)cc1. The van der Waals surface area contributed by atoms with E-state index in [1.165, 1.54) is 66.1 Å². The second-order valence-corrected chi connectivity index (χ2v) is 12.9. The summed E-state index contributed by atoms with van der Waals surface area (Å²) in [5.41, 5.74) is 13.1. The molecule has 9 rings (SSSR count). The Balaban J connectivity index is 1.25. The highest BCUT2D eigenvalue weighted by molar-refractivity contribution is 6.24. The van der Waals surface area contributed by atoms with Crippen LogP contribution in [0.2, 0.25) is 0 Å². The quantitative estimate of drug-likeness (QED) is 0.155. The van der Waals surface area contributed by atoms with Crippen LogP contribution in [0.1, 0.15) is 0 Å². The Kier molecular flexibility index (Phi) is 7.92. The molecule has 0 spiro atoms. The van der Waals surface area contributed by atoms with Gasteiger partial charge in [0.25, 0.3) is 0 Å². The van der Waals surface area contributed by atoms with Gasteiger partial charge in [-0.2, -0.15) is 0 Å². The lowest BCUT2D eigenvalue weighted by Gasteiger charge is -2.26. The minimum absolute atomic E-state index is 1.11. The van der Waals surface area contributed by atoms with Crippen molar-refractivity contribution in [3.05, 3.63) is 212 Å². The van der Waals surface area contributed by atoms with Crippen LogP contribution in [-0.2, 0) is 0 Å². The van der Waals surface area contributed by atoms with E-state index in [0.29, 0.717) is 0 Å². The largest absolute Gasteiger partial charge is 0.310 e. The normalized spacial score (nSPS) is 11.1. The first-order valence-electron chi connectivity index (χ1n) is 17.5. The number of anilines is 3. The first-order valence-corrected chi connectivity index (χ1v) is 17.5. The van der Waals surface area contributed by atoms with Crippen molar-refractivity contribution in [3.8, 4) is 44.5 Å². The van der Waals surface area contributed by atoms with Gasteiger partial charge in [0.15, 0.2) is 0 Å². The number of fused-ring (bicyclic) bond motifs is 3. The minimum Gasteiger partial charge on any atom is -0.310 e. The second-order valence-electron chi connectivity index (χ2n) is 12.9. The average Bonchev–Trinajstić information content (AvgIpc) is 3.22. The molecule has 0 saturated carbocycles. The number of para-hydroxylation sites is 1. The molecule has 0 bridgehead atoms. The molecule has 9 aromatic rings. The van der Waals surface area contributed by atoms with Gasteiger partial charge in [0.05, 0.1) is 0 Å². The highest BCUT2D eigenvalue weighted by Crippen LogP contribution is 2.48. The van der Waals surface area contributed by atoms with E-state index in [-0.39, 0.29) is 0 Å². The third-order valence-corrected chi connectivity index (χ3v) is 9.84. The molecule has 0 N–H and O–H groups in total. The first kappa shape index (κ1) is 30.4. The Bertz CT molecular complexity index is 2590. The van der Waals surface area contributed by atoms with Crippen molar-refractivity contribution in [1.82, 2.24) is 0 Å². The smallest absolute Gasteiger partial charge is 0.0467 e. The van der Waals surface area contributed by atoms with Gasteiger partial charge in [-0.05, 0) is 102 Å². The van der Waals surface area contributed by atoms with Gasteiger partial charge in [-0.25, -0.2) is 0 Å². The van der Waals surface area contributed by atoms with Crippen LogP contribution < -0.4 is 4.90 Å². The summed E-state index contributed by atoms with van der Waals surface area (Å²) in [6.07, 6.45) is 0. The fraction of sp³-hybridized carbons (Fsp3) is 0. The lowest BCUT2D eigenvalue weighted by Crippen LogP contribution is -2.09. The van der Waals surface area contributed by atoms with Crippen LogP contribution in [-0.4, -0.2) is 0 Å². The summed E-state index contributed by atoms with van der Waals surface area (Å²) in [7, 11) is 0. The number of rotatable bonds is 7. The zero-order valence-electron chi connectivity index (χ0n) is 28.2. The van der Waals surface area contributed by atoms with Gasteiger partial charge in [0.1, 0.15) is 0 Å². The highest BCUT2D eigenvalue weighted by Gasteiger charge is 2.21. The zero-order valence-corrected chi connectivity index (χ0v) is 28.2. The monoisotopic (exact) mass is 649 g/mol. The summed E-state index contributed by atoms with van der Waals surface area (Å²) in [6.45, 7) is 0. The van der Waals surface area contributed by atoms with E-state index < -0.39 is 0 Å². The van der Waals surface area contributed by atoms with Gasteiger partial charge in [0.2, 0.25) is 0 Å². The summed E-state index contributed by atoms with van der Waals surface area (Å²) in [5, 5.41) is 5.05.